The largest absolute Gasteiger partial charge is 0.465 e. The number of carbonyl (C=O) groups is 4. The number of fused-ring (bicyclic) bond motifs is 3. The van der Waals surface area contributed by atoms with E-state index in [1.165, 1.54) is 20.8 Å². The summed E-state index contributed by atoms with van der Waals surface area (Å²) in [5, 5.41) is 13.9. The second-order valence-corrected chi connectivity index (χ2v) is 15.6. The Morgan fingerprint density at radius 3 is 2.46 bits per heavy atom. The number of hydrogen-bond donors (Lipinski definition) is 2. The summed E-state index contributed by atoms with van der Waals surface area (Å²) in [7, 11) is 0. The monoisotopic (exact) mass is 752 g/mol. The van der Waals surface area contributed by atoms with Gasteiger partial charge in [-0.2, -0.15) is 15.0 Å². The number of nitrogens with one attached hydrogen (secondary N) is 2. The summed E-state index contributed by atoms with van der Waals surface area (Å²) >= 11 is 0. The molecule has 3 saturated heterocycles. The molecule has 8 rings (SSSR count). The standard InChI is InChI=1S/C35H42F2N10O7/c1-34(2,3)53-32(50)45-9-4-5-22(45)30(49)38-8-12-47-42-27-25(36)20-13-19(14-21(20)26(37)28(27)43-47)16-44-10-6-35(7-11-44)18-46(33(51)54-35)23-15-39-31-29(40-23)41-24(48)17-52-31/h15,19,22H,4-14,16-18H2,1-3H3,(H,38,49)(H,40,41,48)/t22-/m1/s1. The lowest BCUT2D eigenvalue weighted by atomic mass is 9.90. The third kappa shape index (κ3) is 6.84. The summed E-state index contributed by atoms with van der Waals surface area (Å²) in [6, 6.07) is -0.656. The van der Waals surface area contributed by atoms with Crippen LogP contribution in [0.15, 0.2) is 6.20 Å². The molecule has 0 radical (unpaired) electrons. The van der Waals surface area contributed by atoms with Crippen LogP contribution in [0.25, 0.3) is 11.0 Å². The lowest BCUT2D eigenvalue weighted by molar-refractivity contribution is -0.125. The van der Waals surface area contributed by atoms with Crippen molar-refractivity contribution < 1.29 is 42.2 Å². The second-order valence-electron chi connectivity index (χ2n) is 15.6. The molecule has 54 heavy (non-hydrogen) atoms. The Balaban J connectivity index is 0.844. The van der Waals surface area contributed by atoms with Crippen LogP contribution in [0.3, 0.4) is 0 Å². The number of nitrogens with zero attached hydrogens (tertiary/aromatic N) is 8. The molecule has 2 aromatic heterocycles. The Morgan fingerprint density at radius 2 is 1.78 bits per heavy atom. The summed E-state index contributed by atoms with van der Waals surface area (Å²) in [6.07, 6.45) is 3.37. The number of likely N-dealkylation sites (tertiary alicyclic amines) is 2. The lowest BCUT2D eigenvalue weighted by Crippen LogP contribution is -2.48. The molecule has 2 N–H and O–H groups in total. The average molecular weight is 753 g/mol. The van der Waals surface area contributed by atoms with Gasteiger partial charge in [-0.1, -0.05) is 0 Å². The fourth-order valence-corrected chi connectivity index (χ4v) is 8.03. The number of hydrogen-bond acceptors (Lipinski definition) is 12. The molecule has 288 valence electrons. The van der Waals surface area contributed by atoms with Crippen molar-refractivity contribution in [3.63, 3.8) is 0 Å². The van der Waals surface area contributed by atoms with Crippen LogP contribution in [0.2, 0.25) is 0 Å². The molecule has 3 fully saturated rings. The van der Waals surface area contributed by atoms with E-state index in [1.807, 2.05) is 0 Å². The zero-order valence-corrected chi connectivity index (χ0v) is 30.3. The van der Waals surface area contributed by atoms with E-state index in [0.29, 0.717) is 75.8 Å². The number of amides is 4. The van der Waals surface area contributed by atoms with Crippen molar-refractivity contribution in [3.8, 4) is 5.88 Å². The van der Waals surface area contributed by atoms with Gasteiger partial charge in [0.2, 0.25) is 5.91 Å². The zero-order valence-electron chi connectivity index (χ0n) is 30.3. The van der Waals surface area contributed by atoms with Crippen LogP contribution in [0.4, 0.5) is 30.0 Å². The van der Waals surface area contributed by atoms with Gasteiger partial charge in [0, 0.05) is 45.6 Å². The quantitative estimate of drug-likeness (QED) is 0.360. The smallest absolute Gasteiger partial charge is 0.416 e. The summed E-state index contributed by atoms with van der Waals surface area (Å²) in [6.45, 7) is 7.92. The summed E-state index contributed by atoms with van der Waals surface area (Å²) < 4.78 is 48.2. The molecule has 19 heteroatoms. The molecule has 4 amide bonds. The maximum Gasteiger partial charge on any atom is 0.416 e. The highest BCUT2D eigenvalue weighted by atomic mass is 19.1. The van der Waals surface area contributed by atoms with E-state index in [0.717, 1.165) is 0 Å². The Hall–Kier alpha value is -5.20. The van der Waals surface area contributed by atoms with Crippen molar-refractivity contribution in [2.24, 2.45) is 5.92 Å². The Bertz CT molecular complexity index is 1980. The van der Waals surface area contributed by atoms with E-state index in [-0.39, 0.29) is 72.5 Å². The van der Waals surface area contributed by atoms with Gasteiger partial charge >= 0.3 is 12.2 Å². The van der Waals surface area contributed by atoms with Crippen molar-refractivity contribution >= 4 is 46.7 Å². The Labute approximate surface area is 308 Å². The number of aromatic nitrogens is 5. The van der Waals surface area contributed by atoms with Gasteiger partial charge in [-0.3, -0.25) is 19.4 Å². The van der Waals surface area contributed by atoms with E-state index in [4.69, 9.17) is 14.2 Å². The maximum absolute atomic E-state index is 15.8. The number of anilines is 2. The SMILES string of the molecule is CC(C)(C)OC(=O)N1CCC[C@@H]1C(=O)NCCn1nc2c(F)c3c(c(F)c2n1)CC(CN1CCC2(CC1)CN(c1cnc4c(n1)NC(=O)CO4)C(=O)O2)C3. The molecule has 3 aromatic rings. The van der Waals surface area contributed by atoms with Crippen molar-refractivity contribution in [2.75, 3.05) is 56.1 Å². The molecule has 1 atom stereocenters. The van der Waals surface area contributed by atoms with Gasteiger partial charge in [0.25, 0.3) is 11.8 Å². The van der Waals surface area contributed by atoms with Crippen molar-refractivity contribution in [3.05, 3.63) is 29.0 Å². The minimum absolute atomic E-state index is 0.0199. The molecule has 1 aromatic carbocycles. The third-order valence-corrected chi connectivity index (χ3v) is 10.6. The molecule has 17 nitrogen and oxygen atoms in total. The van der Waals surface area contributed by atoms with E-state index in [1.54, 1.807) is 20.8 Å². The molecule has 0 saturated carbocycles. The molecule has 5 aliphatic rings. The average Bonchev–Trinajstić information content (AvgIpc) is 3.93. The summed E-state index contributed by atoms with van der Waals surface area (Å²) in [4.78, 5) is 64.9. The summed E-state index contributed by atoms with van der Waals surface area (Å²) in [5.74, 6) is -1.28. The van der Waals surface area contributed by atoms with Gasteiger partial charge in [-0.15, -0.1) is 0 Å². The van der Waals surface area contributed by atoms with Crippen LogP contribution in [0.1, 0.15) is 57.6 Å². The molecule has 1 spiro atoms. The number of piperidine rings is 1. The van der Waals surface area contributed by atoms with Gasteiger partial charge in [0.15, 0.2) is 40.9 Å². The van der Waals surface area contributed by atoms with Crippen molar-refractivity contribution in [1.82, 2.24) is 40.1 Å². The van der Waals surface area contributed by atoms with Gasteiger partial charge in [0.1, 0.15) is 17.2 Å². The fourth-order valence-electron chi connectivity index (χ4n) is 8.03. The second kappa shape index (κ2) is 13.6. The Kier molecular flexibility index (Phi) is 9.01. The van der Waals surface area contributed by atoms with Crippen LogP contribution < -0.4 is 20.3 Å². The molecule has 0 unspecified atom stereocenters. The highest BCUT2D eigenvalue weighted by Crippen LogP contribution is 2.39. The first kappa shape index (κ1) is 35.8. The number of benzene rings is 1. The minimum Gasteiger partial charge on any atom is -0.465 e. The molecular formula is C35H42F2N10O7. The first-order chi connectivity index (χ1) is 25.8. The van der Waals surface area contributed by atoms with Gasteiger partial charge in [0.05, 0.1) is 19.3 Å². The third-order valence-electron chi connectivity index (χ3n) is 10.6. The number of halogens is 2. The number of carbonyl (C=O) groups excluding carboxylic acids is 4. The zero-order chi connectivity index (χ0) is 37.9. The normalized spacial score (nSPS) is 21.2. The maximum atomic E-state index is 15.8. The molecular weight excluding hydrogens is 710 g/mol. The number of ether oxygens (including phenoxy) is 3. The van der Waals surface area contributed by atoms with Crippen molar-refractivity contribution in [1.29, 1.82) is 0 Å². The van der Waals surface area contributed by atoms with Gasteiger partial charge < -0.3 is 29.7 Å². The van der Waals surface area contributed by atoms with E-state index >= 15 is 8.78 Å². The van der Waals surface area contributed by atoms with E-state index < -0.39 is 41.1 Å². The van der Waals surface area contributed by atoms with Crippen LogP contribution in [0, 0.1) is 17.6 Å². The Morgan fingerprint density at radius 1 is 1.07 bits per heavy atom. The highest BCUT2D eigenvalue weighted by molar-refractivity contribution is 5.95. The predicted octanol–water partition coefficient (Wildman–Crippen LogP) is 2.55. The van der Waals surface area contributed by atoms with E-state index in [9.17, 15) is 19.2 Å². The van der Waals surface area contributed by atoms with Gasteiger partial charge in [-0.05, 0) is 63.5 Å². The van der Waals surface area contributed by atoms with Crippen LogP contribution in [0.5, 0.6) is 5.88 Å². The van der Waals surface area contributed by atoms with Crippen LogP contribution in [-0.2, 0) is 38.4 Å². The lowest BCUT2D eigenvalue weighted by Gasteiger charge is -2.38. The highest BCUT2D eigenvalue weighted by Gasteiger charge is 2.48. The molecule has 1 aliphatic carbocycles. The summed E-state index contributed by atoms with van der Waals surface area (Å²) in [5.41, 5.74) is -1.05. The predicted molar refractivity (Wildman–Crippen MR) is 186 cm³/mol. The minimum atomic E-state index is -0.711. The fraction of sp³-hybridized carbons (Fsp3) is 0.600. The van der Waals surface area contributed by atoms with Crippen LogP contribution >= 0.6 is 0 Å². The molecule has 0 bridgehead atoms. The van der Waals surface area contributed by atoms with Crippen LogP contribution in [-0.4, -0.2) is 122 Å². The van der Waals surface area contributed by atoms with E-state index in [2.05, 4.69) is 35.7 Å². The first-order valence-corrected chi connectivity index (χ1v) is 18.3. The number of rotatable bonds is 7. The van der Waals surface area contributed by atoms with Gasteiger partial charge in [-0.25, -0.2) is 28.3 Å². The molecule has 4 aliphatic heterocycles. The van der Waals surface area contributed by atoms with Crippen molar-refractivity contribution in [2.45, 2.75) is 83.1 Å². The first-order valence-electron chi connectivity index (χ1n) is 18.3. The topological polar surface area (TPSA) is 186 Å². The molecule has 6 heterocycles.